The fourth-order valence-electron chi connectivity index (χ4n) is 5.30. The largest absolute Gasteiger partial charge is 0.400 e. The molecule has 1 aromatic heterocycles. The van der Waals surface area contributed by atoms with Crippen LogP contribution in [0.5, 0.6) is 0 Å². The number of nitrogens with zero attached hydrogens (tertiary/aromatic N) is 2. The maximum absolute atomic E-state index is 15.6. The van der Waals surface area contributed by atoms with Crippen LogP contribution in [0.3, 0.4) is 0 Å². The molecule has 2 fully saturated rings. The van der Waals surface area contributed by atoms with Crippen LogP contribution in [0.15, 0.2) is 9.59 Å². The first kappa shape index (κ1) is 25.5. The van der Waals surface area contributed by atoms with Crippen LogP contribution >= 0.6 is 0 Å². The Morgan fingerprint density at radius 3 is 2.09 bits per heavy atom. The van der Waals surface area contributed by atoms with Gasteiger partial charge in [-0.1, -0.05) is 0 Å². The average Bonchev–Trinajstić information content (AvgIpc) is 3.48. The number of anilines is 1. The molecule has 1 saturated carbocycles. The van der Waals surface area contributed by atoms with E-state index >= 15 is 4.39 Å². The van der Waals surface area contributed by atoms with E-state index in [1.54, 1.807) is 0 Å². The van der Waals surface area contributed by atoms with Crippen molar-refractivity contribution in [3.8, 4) is 0 Å². The number of hydrogen-bond acceptors (Lipinski definition) is 4. The molecule has 194 valence electrons. The lowest BCUT2D eigenvalue weighted by atomic mass is 9.86. The fraction of sp³-hybridized carbons (Fsp3) is 0.636. The van der Waals surface area contributed by atoms with Gasteiger partial charge in [-0.25, -0.2) is 9.18 Å². The molecule has 1 aliphatic carbocycles. The molecule has 2 heterocycles. The summed E-state index contributed by atoms with van der Waals surface area (Å²) in [5, 5.41) is -0.00409. The number of H-pyrrole nitrogens is 1. The number of benzene rings is 1. The molecule has 35 heavy (non-hydrogen) atoms. The van der Waals surface area contributed by atoms with Crippen LogP contribution in [0.4, 0.5) is 36.4 Å². The maximum Gasteiger partial charge on any atom is 0.400 e. The summed E-state index contributed by atoms with van der Waals surface area (Å²) in [6.07, 6.45) is -10.8. The molecule has 13 heteroatoms. The topological polar surface area (TPSA) is 84.1 Å². The lowest BCUT2D eigenvalue weighted by Crippen LogP contribution is -2.39. The van der Waals surface area contributed by atoms with E-state index in [0.29, 0.717) is 12.8 Å². The highest BCUT2D eigenvalue weighted by Crippen LogP contribution is 2.46. The van der Waals surface area contributed by atoms with Crippen molar-refractivity contribution in [1.82, 2.24) is 9.55 Å². The molecule has 1 saturated heterocycles. The van der Waals surface area contributed by atoms with Crippen molar-refractivity contribution in [1.29, 1.82) is 0 Å². The van der Waals surface area contributed by atoms with Gasteiger partial charge in [0.1, 0.15) is 0 Å². The zero-order chi connectivity index (χ0) is 26.0. The van der Waals surface area contributed by atoms with Gasteiger partial charge in [-0.3, -0.25) is 14.3 Å². The summed E-state index contributed by atoms with van der Waals surface area (Å²) >= 11 is 0. The smallest absolute Gasteiger partial charge is 0.368 e. The minimum atomic E-state index is -5.48. The second kappa shape index (κ2) is 8.52. The number of fused-ring (bicyclic) bond motifs is 1. The van der Waals surface area contributed by atoms with Crippen molar-refractivity contribution in [2.75, 3.05) is 24.5 Å². The molecule has 0 spiro atoms. The number of aromatic amines is 1. The average molecular weight is 510 g/mol. The molecule has 0 amide bonds. The molecule has 0 radical (unpaired) electrons. The van der Waals surface area contributed by atoms with Gasteiger partial charge in [0.15, 0.2) is 11.7 Å². The molecule has 1 aliphatic heterocycles. The Balaban J connectivity index is 1.81. The van der Waals surface area contributed by atoms with Gasteiger partial charge in [-0.2, -0.15) is 26.3 Å². The molecule has 6 nitrogen and oxygen atoms in total. The van der Waals surface area contributed by atoms with E-state index < -0.39 is 53.6 Å². The minimum Gasteiger partial charge on any atom is -0.368 e. The predicted molar refractivity (Wildman–Crippen MR) is 115 cm³/mol. The van der Waals surface area contributed by atoms with Crippen LogP contribution < -0.4 is 21.9 Å². The molecular formula is C22H25F7N4O2. The SMILES string of the molecule is Cc1c(F)c(N2CC(CN)C(CC(C(F)(F)F)C(F)(F)F)C2)c(C)c2c1c(=O)[nH]c(=O)n2C1CC1. The second-order valence-corrected chi connectivity index (χ2v) is 9.53. The van der Waals surface area contributed by atoms with Gasteiger partial charge in [0.25, 0.3) is 5.56 Å². The molecule has 1 aromatic carbocycles. The van der Waals surface area contributed by atoms with Crippen molar-refractivity contribution >= 4 is 16.6 Å². The zero-order valence-corrected chi connectivity index (χ0v) is 19.0. The summed E-state index contributed by atoms with van der Waals surface area (Å²) in [7, 11) is 0. The molecule has 4 rings (SSSR count). The standard InChI is InChI=1S/C22H25F7N4O2/c1-9-15-17(33(13-3-4-13)20(35)31-19(15)34)10(2)18(16(9)23)32-7-11(12(6-30)8-32)5-14(21(24,25)26)22(27,28)29/h11-14H,3-8,30H2,1-2H3,(H,31,34,35). The summed E-state index contributed by atoms with van der Waals surface area (Å²) in [4.78, 5) is 28.7. The van der Waals surface area contributed by atoms with Crippen LogP contribution in [-0.2, 0) is 0 Å². The number of rotatable bonds is 5. The number of alkyl halides is 6. The van der Waals surface area contributed by atoms with Gasteiger partial charge in [0, 0.05) is 30.3 Å². The number of aryl methyl sites for hydroxylation is 2. The first-order valence-electron chi connectivity index (χ1n) is 11.2. The van der Waals surface area contributed by atoms with Crippen LogP contribution in [-0.4, -0.2) is 41.5 Å². The van der Waals surface area contributed by atoms with Crippen molar-refractivity contribution in [2.24, 2.45) is 23.5 Å². The van der Waals surface area contributed by atoms with E-state index in [4.69, 9.17) is 5.73 Å². The molecule has 2 unspecified atom stereocenters. The van der Waals surface area contributed by atoms with E-state index in [0.717, 1.165) is 0 Å². The first-order chi connectivity index (χ1) is 16.2. The van der Waals surface area contributed by atoms with Gasteiger partial charge in [0.2, 0.25) is 0 Å². The summed E-state index contributed by atoms with van der Waals surface area (Å²) in [6.45, 7) is 2.35. The lowest BCUT2D eigenvalue weighted by Gasteiger charge is -2.27. The quantitative estimate of drug-likeness (QED) is 0.598. The van der Waals surface area contributed by atoms with E-state index in [1.807, 2.05) is 0 Å². The number of hydrogen-bond donors (Lipinski definition) is 2. The normalized spacial score (nSPS) is 21.5. The van der Waals surface area contributed by atoms with Crippen LogP contribution in [0.1, 0.15) is 36.4 Å². The highest BCUT2D eigenvalue weighted by molar-refractivity contribution is 5.90. The molecule has 2 aliphatic rings. The molecule has 0 bridgehead atoms. The van der Waals surface area contributed by atoms with Crippen molar-refractivity contribution in [2.45, 2.75) is 51.5 Å². The van der Waals surface area contributed by atoms with Gasteiger partial charge >= 0.3 is 18.0 Å². The monoisotopic (exact) mass is 510 g/mol. The summed E-state index contributed by atoms with van der Waals surface area (Å²) in [5.74, 6) is -6.15. The number of aromatic nitrogens is 2. The van der Waals surface area contributed by atoms with Crippen molar-refractivity contribution in [3.63, 3.8) is 0 Å². The van der Waals surface area contributed by atoms with E-state index in [9.17, 15) is 35.9 Å². The Morgan fingerprint density at radius 1 is 1.00 bits per heavy atom. The molecule has 2 atom stereocenters. The fourth-order valence-corrected chi connectivity index (χ4v) is 5.30. The van der Waals surface area contributed by atoms with Gasteiger partial charge in [-0.05, 0) is 51.5 Å². The first-order valence-corrected chi connectivity index (χ1v) is 11.2. The third-order valence-electron chi connectivity index (χ3n) is 7.20. The van der Waals surface area contributed by atoms with Gasteiger partial charge in [0.05, 0.1) is 16.6 Å². The third-order valence-corrected chi connectivity index (χ3v) is 7.20. The molecule has 2 aromatic rings. The Hall–Kier alpha value is -2.57. The third kappa shape index (κ3) is 4.43. The van der Waals surface area contributed by atoms with Crippen LogP contribution in [0.2, 0.25) is 0 Å². The minimum absolute atomic E-state index is 0.00409. The van der Waals surface area contributed by atoms with Crippen LogP contribution in [0, 0.1) is 37.4 Å². The molecule has 3 N–H and O–H groups in total. The van der Waals surface area contributed by atoms with Gasteiger partial charge in [-0.15, -0.1) is 0 Å². The predicted octanol–water partition coefficient (Wildman–Crippen LogP) is 3.92. The highest BCUT2D eigenvalue weighted by atomic mass is 19.4. The van der Waals surface area contributed by atoms with E-state index in [2.05, 4.69) is 4.98 Å². The number of halogens is 7. The summed E-state index contributed by atoms with van der Waals surface area (Å²) < 4.78 is 96.1. The molecular weight excluding hydrogens is 485 g/mol. The number of nitrogens with two attached hydrogens (primary N) is 1. The Labute approximate surface area is 194 Å². The van der Waals surface area contributed by atoms with Crippen molar-refractivity contribution < 1.29 is 30.7 Å². The number of nitrogens with one attached hydrogen (secondary N) is 1. The van der Waals surface area contributed by atoms with Crippen molar-refractivity contribution in [3.05, 3.63) is 37.8 Å². The summed E-state index contributed by atoms with van der Waals surface area (Å²) in [5.41, 5.74) is 4.66. The Morgan fingerprint density at radius 2 is 1.57 bits per heavy atom. The van der Waals surface area contributed by atoms with Crippen LogP contribution in [0.25, 0.3) is 10.9 Å². The van der Waals surface area contributed by atoms with E-state index in [1.165, 1.54) is 23.3 Å². The summed E-state index contributed by atoms with van der Waals surface area (Å²) in [6, 6.07) is -0.180. The second-order valence-electron chi connectivity index (χ2n) is 9.53. The lowest BCUT2D eigenvalue weighted by molar-refractivity contribution is -0.288. The maximum atomic E-state index is 15.6. The van der Waals surface area contributed by atoms with Gasteiger partial charge < -0.3 is 10.6 Å². The highest BCUT2D eigenvalue weighted by Gasteiger charge is 2.57. The zero-order valence-electron chi connectivity index (χ0n) is 19.0. The Bertz CT molecular complexity index is 1250. The van der Waals surface area contributed by atoms with E-state index in [-0.39, 0.29) is 53.4 Å². The Kier molecular flexibility index (Phi) is 6.22.